The molecule has 0 radical (unpaired) electrons. The molecule has 2 aliphatic heterocycles. The Hall–Kier alpha value is -4.40. The van der Waals surface area contributed by atoms with E-state index in [1.165, 1.54) is 4.90 Å². The molecule has 1 N–H and O–H groups in total. The SMILES string of the molecule is C=CCN(C)C[C@H]1C[C@@H](c2ccc(CO)cc2)O[C@@H](c2ccc(-c3ccccc3CN3C(=O)c4ccccc4C3=O)cc2)O1. The second-order valence-electron chi connectivity index (χ2n) is 11.4. The van der Waals surface area contributed by atoms with Crippen molar-refractivity contribution < 1.29 is 24.2 Å². The van der Waals surface area contributed by atoms with Crippen LogP contribution in [0, 0.1) is 0 Å². The zero-order valence-electron chi connectivity index (χ0n) is 24.8. The minimum absolute atomic E-state index is 0.000285. The number of hydrogen-bond acceptors (Lipinski definition) is 6. The van der Waals surface area contributed by atoms with E-state index in [0.717, 1.165) is 46.5 Å². The van der Waals surface area contributed by atoms with E-state index in [2.05, 4.69) is 18.5 Å². The number of imide groups is 1. The zero-order chi connectivity index (χ0) is 30.6. The fourth-order valence-corrected chi connectivity index (χ4v) is 5.99. The average Bonchev–Trinajstić information content (AvgIpc) is 3.30. The van der Waals surface area contributed by atoms with E-state index in [0.29, 0.717) is 17.5 Å². The van der Waals surface area contributed by atoms with Crippen molar-refractivity contribution in [3.05, 3.63) is 143 Å². The lowest BCUT2D eigenvalue weighted by Gasteiger charge is -2.37. The molecular weight excluding hydrogens is 552 g/mol. The number of aliphatic hydroxyl groups is 1. The number of nitrogens with zero attached hydrogens (tertiary/aromatic N) is 2. The summed E-state index contributed by atoms with van der Waals surface area (Å²) < 4.78 is 13.0. The quantitative estimate of drug-likeness (QED) is 0.173. The molecule has 0 aromatic heterocycles. The third-order valence-electron chi connectivity index (χ3n) is 8.29. The van der Waals surface area contributed by atoms with Crippen molar-refractivity contribution in [1.29, 1.82) is 0 Å². The van der Waals surface area contributed by atoms with Gasteiger partial charge in [0, 0.05) is 25.1 Å². The number of fused-ring (bicyclic) bond motifs is 1. The third kappa shape index (κ3) is 6.14. The summed E-state index contributed by atoms with van der Waals surface area (Å²) in [5.41, 5.74) is 6.51. The Balaban J connectivity index is 1.23. The van der Waals surface area contributed by atoms with Crippen LogP contribution in [0.2, 0.25) is 0 Å². The standard InChI is InChI=1S/C37H36N2O5/c1-3-20-38(2)23-30-21-34(27-14-12-25(24-40)13-15-27)44-37(43-30)28-18-16-26(17-19-28)31-9-5-4-8-29(31)22-39-35(41)32-10-6-7-11-33(32)36(39)42/h3-19,30,34,37,40H,1,20-24H2,2H3/t30-,34+,37+/m1/s1. The maximum absolute atomic E-state index is 13.0. The molecule has 2 heterocycles. The number of benzene rings is 4. The first-order valence-electron chi connectivity index (χ1n) is 14.9. The van der Waals surface area contributed by atoms with Gasteiger partial charge in [-0.25, -0.2) is 0 Å². The van der Waals surface area contributed by atoms with E-state index in [9.17, 15) is 14.7 Å². The van der Waals surface area contributed by atoms with Gasteiger partial charge in [0.15, 0.2) is 6.29 Å². The highest BCUT2D eigenvalue weighted by molar-refractivity contribution is 6.21. The van der Waals surface area contributed by atoms with Crippen molar-refractivity contribution in [1.82, 2.24) is 9.80 Å². The predicted molar refractivity (Wildman–Crippen MR) is 169 cm³/mol. The van der Waals surface area contributed by atoms with Crippen LogP contribution in [0.1, 0.15) is 61.8 Å². The van der Waals surface area contributed by atoms with Gasteiger partial charge in [-0.2, -0.15) is 0 Å². The number of likely N-dealkylation sites (N-methyl/N-ethyl adjacent to an activating group) is 1. The highest BCUT2D eigenvalue weighted by atomic mass is 16.7. The van der Waals surface area contributed by atoms with Gasteiger partial charge in [0.1, 0.15) is 0 Å². The maximum Gasteiger partial charge on any atom is 0.261 e. The maximum atomic E-state index is 13.0. The monoisotopic (exact) mass is 588 g/mol. The van der Waals surface area contributed by atoms with Gasteiger partial charge < -0.3 is 19.5 Å². The van der Waals surface area contributed by atoms with E-state index in [1.807, 2.05) is 78.9 Å². The van der Waals surface area contributed by atoms with Crippen LogP contribution in [0.3, 0.4) is 0 Å². The Labute approximate surface area is 258 Å². The molecule has 6 rings (SSSR count). The van der Waals surface area contributed by atoms with Gasteiger partial charge in [0.2, 0.25) is 0 Å². The molecule has 0 unspecified atom stereocenters. The molecule has 2 amide bonds. The number of carbonyl (C=O) groups is 2. The van der Waals surface area contributed by atoms with E-state index in [1.54, 1.807) is 24.3 Å². The molecule has 4 aromatic carbocycles. The van der Waals surface area contributed by atoms with Crippen molar-refractivity contribution >= 4 is 11.8 Å². The fourth-order valence-electron chi connectivity index (χ4n) is 5.99. The Bertz CT molecular complexity index is 1610. The Kier molecular flexibility index (Phi) is 8.82. The minimum Gasteiger partial charge on any atom is -0.392 e. The minimum atomic E-state index is -0.559. The Morgan fingerprint density at radius 2 is 1.45 bits per heavy atom. The summed E-state index contributed by atoms with van der Waals surface area (Å²) in [6.45, 7) is 5.54. The second kappa shape index (κ2) is 13.1. The van der Waals surface area contributed by atoms with Crippen molar-refractivity contribution in [2.45, 2.75) is 38.1 Å². The molecule has 1 fully saturated rings. The molecule has 0 saturated carbocycles. The lowest BCUT2D eigenvalue weighted by molar-refractivity contribution is -0.252. The molecule has 2 aliphatic rings. The summed E-state index contributed by atoms with van der Waals surface area (Å²) in [6, 6.07) is 30.8. The number of rotatable bonds is 10. The van der Waals surface area contributed by atoms with Crippen LogP contribution in [-0.2, 0) is 22.6 Å². The summed E-state index contributed by atoms with van der Waals surface area (Å²) in [7, 11) is 2.05. The van der Waals surface area contributed by atoms with Gasteiger partial charge in [0.05, 0.1) is 36.5 Å². The van der Waals surface area contributed by atoms with Gasteiger partial charge in [-0.05, 0) is 47.0 Å². The van der Waals surface area contributed by atoms with Gasteiger partial charge >= 0.3 is 0 Å². The van der Waals surface area contributed by atoms with E-state index < -0.39 is 6.29 Å². The highest BCUT2D eigenvalue weighted by Crippen LogP contribution is 2.39. The molecule has 224 valence electrons. The Morgan fingerprint density at radius 1 is 0.841 bits per heavy atom. The van der Waals surface area contributed by atoms with Crippen LogP contribution in [-0.4, -0.2) is 53.0 Å². The number of ether oxygens (including phenoxy) is 2. The second-order valence-corrected chi connectivity index (χ2v) is 11.4. The first-order chi connectivity index (χ1) is 21.4. The van der Waals surface area contributed by atoms with E-state index >= 15 is 0 Å². The summed E-state index contributed by atoms with van der Waals surface area (Å²) in [5.74, 6) is -0.535. The van der Waals surface area contributed by atoms with E-state index in [4.69, 9.17) is 9.47 Å². The zero-order valence-corrected chi connectivity index (χ0v) is 24.8. The summed E-state index contributed by atoms with van der Waals surface area (Å²) in [4.78, 5) is 29.6. The number of aliphatic hydroxyl groups excluding tert-OH is 1. The highest BCUT2D eigenvalue weighted by Gasteiger charge is 2.36. The molecule has 3 atom stereocenters. The van der Waals surface area contributed by atoms with Crippen LogP contribution < -0.4 is 0 Å². The third-order valence-corrected chi connectivity index (χ3v) is 8.29. The van der Waals surface area contributed by atoms with Gasteiger partial charge in [0.25, 0.3) is 11.8 Å². The lowest BCUT2D eigenvalue weighted by Crippen LogP contribution is -2.37. The lowest BCUT2D eigenvalue weighted by atomic mass is 9.97. The first-order valence-corrected chi connectivity index (χ1v) is 14.9. The Morgan fingerprint density at radius 3 is 2.09 bits per heavy atom. The summed E-state index contributed by atoms with van der Waals surface area (Å²) in [6.07, 6.45) is 1.81. The molecule has 0 bridgehead atoms. The van der Waals surface area contributed by atoms with Crippen molar-refractivity contribution in [2.75, 3.05) is 20.1 Å². The normalized spacial score (nSPS) is 19.8. The smallest absolute Gasteiger partial charge is 0.261 e. The van der Waals surface area contributed by atoms with Crippen LogP contribution in [0.5, 0.6) is 0 Å². The molecule has 0 aliphatic carbocycles. The predicted octanol–water partition coefficient (Wildman–Crippen LogP) is 6.31. The van der Waals surface area contributed by atoms with Gasteiger partial charge in [-0.1, -0.05) is 91.0 Å². The summed E-state index contributed by atoms with van der Waals surface area (Å²) >= 11 is 0. The van der Waals surface area contributed by atoms with Crippen molar-refractivity contribution in [2.24, 2.45) is 0 Å². The molecule has 7 heteroatoms. The van der Waals surface area contributed by atoms with Crippen LogP contribution in [0.15, 0.2) is 110 Å². The van der Waals surface area contributed by atoms with Crippen LogP contribution in [0.25, 0.3) is 11.1 Å². The summed E-state index contributed by atoms with van der Waals surface area (Å²) in [5, 5.41) is 9.48. The largest absolute Gasteiger partial charge is 0.392 e. The fraction of sp³-hybridized carbons (Fsp3) is 0.243. The van der Waals surface area contributed by atoms with Crippen molar-refractivity contribution in [3.63, 3.8) is 0 Å². The van der Waals surface area contributed by atoms with Gasteiger partial charge in [-0.3, -0.25) is 14.5 Å². The number of amides is 2. The molecule has 4 aromatic rings. The molecule has 1 saturated heterocycles. The van der Waals surface area contributed by atoms with Crippen LogP contribution in [0.4, 0.5) is 0 Å². The molecular formula is C37H36N2O5. The average molecular weight is 589 g/mol. The van der Waals surface area contributed by atoms with Gasteiger partial charge in [-0.15, -0.1) is 6.58 Å². The topological polar surface area (TPSA) is 79.3 Å². The number of carbonyl (C=O) groups excluding carboxylic acids is 2. The van der Waals surface area contributed by atoms with E-state index in [-0.39, 0.29) is 37.2 Å². The first kappa shape index (κ1) is 29.7. The van der Waals surface area contributed by atoms with Crippen LogP contribution >= 0.6 is 0 Å². The van der Waals surface area contributed by atoms with Crippen molar-refractivity contribution in [3.8, 4) is 11.1 Å². The number of hydrogen-bond donors (Lipinski definition) is 1. The molecule has 44 heavy (non-hydrogen) atoms. The molecule has 0 spiro atoms. The molecule has 7 nitrogen and oxygen atoms in total.